The highest BCUT2D eigenvalue weighted by atomic mass is 19.4. The van der Waals surface area contributed by atoms with Crippen molar-refractivity contribution >= 4 is 5.57 Å². The molecule has 13 heteroatoms. The van der Waals surface area contributed by atoms with Crippen molar-refractivity contribution < 1.29 is 59.2 Å². The number of hydrogen-bond donors (Lipinski definition) is 3. The molecule has 0 heterocycles. The molecular formula is C15H12F10O3. The predicted octanol–water partition coefficient (Wildman–Crippen LogP) is 4.28. The van der Waals surface area contributed by atoms with Gasteiger partial charge in [-0.1, -0.05) is 12.1 Å². The molecule has 3 N–H and O–H groups in total. The second-order valence-electron chi connectivity index (χ2n) is 5.82. The first-order valence-electron chi connectivity index (χ1n) is 7.10. The number of phenolic OH excluding ortho intramolecular Hbond substituents is 1. The van der Waals surface area contributed by atoms with Crippen molar-refractivity contribution in [2.75, 3.05) is 6.67 Å². The smallest absolute Gasteiger partial charge is 0.430 e. The van der Waals surface area contributed by atoms with Crippen molar-refractivity contribution in [1.82, 2.24) is 0 Å². The average molecular weight is 430 g/mol. The first-order valence-corrected chi connectivity index (χ1v) is 7.10. The van der Waals surface area contributed by atoms with Gasteiger partial charge < -0.3 is 15.3 Å². The number of aliphatic hydroxyl groups is 2. The molecule has 0 aliphatic carbocycles. The lowest BCUT2D eigenvalue weighted by atomic mass is 9.87. The van der Waals surface area contributed by atoms with Crippen LogP contribution in [0.3, 0.4) is 0 Å². The second kappa shape index (κ2) is 7.43. The van der Waals surface area contributed by atoms with Crippen molar-refractivity contribution in [2.24, 2.45) is 0 Å². The highest BCUT2D eigenvalue weighted by Gasteiger charge is 2.69. The van der Waals surface area contributed by atoms with Gasteiger partial charge >= 0.3 is 18.5 Å². The zero-order valence-electron chi connectivity index (χ0n) is 13.4. The summed E-state index contributed by atoms with van der Waals surface area (Å²) in [6.07, 6.45) is -21.6. The van der Waals surface area contributed by atoms with Gasteiger partial charge in [0.25, 0.3) is 5.60 Å². The van der Waals surface area contributed by atoms with Gasteiger partial charge in [-0.15, -0.1) is 0 Å². The first-order chi connectivity index (χ1) is 12.4. The average Bonchev–Trinajstić information content (AvgIpc) is 2.51. The van der Waals surface area contributed by atoms with E-state index in [1.54, 1.807) is 0 Å². The van der Waals surface area contributed by atoms with Crippen molar-refractivity contribution in [1.29, 1.82) is 0 Å². The van der Waals surface area contributed by atoms with Crippen LogP contribution in [0.5, 0.6) is 5.75 Å². The number of benzene rings is 1. The van der Waals surface area contributed by atoms with Crippen LogP contribution >= 0.6 is 0 Å². The maximum absolute atomic E-state index is 12.9. The Labute approximate surface area is 150 Å². The van der Waals surface area contributed by atoms with Crippen molar-refractivity contribution in [3.63, 3.8) is 0 Å². The second-order valence-corrected chi connectivity index (χ2v) is 5.82. The Kier molecular flexibility index (Phi) is 6.37. The standard InChI is InChI=1S/C15H12F10O3/c16-7-11(27,13(17,18)19)5-9(8-1-3-10(26)4-2-8)6-12(28,14(20,21)22)15(23,24)25/h1-4,6,26-28H,5,7H2/b9-6+. The maximum Gasteiger partial charge on any atom is 0.430 e. The van der Waals surface area contributed by atoms with E-state index in [0.717, 1.165) is 0 Å². The molecular weight excluding hydrogens is 418 g/mol. The molecule has 0 bridgehead atoms. The van der Waals surface area contributed by atoms with Gasteiger partial charge in [0.1, 0.15) is 12.4 Å². The fourth-order valence-electron chi connectivity index (χ4n) is 2.03. The summed E-state index contributed by atoms with van der Waals surface area (Å²) >= 11 is 0. The number of phenols is 1. The molecule has 0 saturated carbocycles. The van der Waals surface area contributed by atoms with Crippen LogP contribution in [0.4, 0.5) is 43.9 Å². The van der Waals surface area contributed by atoms with Crippen LogP contribution in [0.25, 0.3) is 5.57 Å². The van der Waals surface area contributed by atoms with E-state index in [-0.39, 0.29) is 0 Å². The molecule has 1 rings (SSSR count). The zero-order chi connectivity index (χ0) is 22.2. The Morgan fingerprint density at radius 3 is 1.54 bits per heavy atom. The van der Waals surface area contributed by atoms with E-state index < -0.39 is 65.8 Å². The van der Waals surface area contributed by atoms with Crippen LogP contribution in [0.15, 0.2) is 30.3 Å². The molecule has 0 spiro atoms. The van der Waals surface area contributed by atoms with Crippen molar-refractivity contribution in [2.45, 2.75) is 36.2 Å². The fourth-order valence-corrected chi connectivity index (χ4v) is 2.03. The summed E-state index contributed by atoms with van der Waals surface area (Å²) in [6, 6.07) is 2.68. The lowest BCUT2D eigenvalue weighted by molar-refractivity contribution is -0.347. The van der Waals surface area contributed by atoms with Gasteiger partial charge in [-0.25, -0.2) is 4.39 Å². The third kappa shape index (κ3) is 4.69. The number of hydrogen-bond acceptors (Lipinski definition) is 3. The summed E-state index contributed by atoms with van der Waals surface area (Å²) in [6.45, 7) is -2.58. The lowest BCUT2D eigenvalue weighted by Crippen LogP contribution is -2.55. The highest BCUT2D eigenvalue weighted by Crippen LogP contribution is 2.47. The monoisotopic (exact) mass is 430 g/mol. The molecule has 1 unspecified atom stereocenters. The van der Waals surface area contributed by atoms with Crippen LogP contribution in [0, 0.1) is 0 Å². The molecule has 0 aliphatic rings. The van der Waals surface area contributed by atoms with E-state index in [0.29, 0.717) is 24.3 Å². The summed E-state index contributed by atoms with van der Waals surface area (Å²) in [5.74, 6) is -0.540. The summed E-state index contributed by atoms with van der Waals surface area (Å²) in [5.41, 5.74) is -12.2. The minimum Gasteiger partial charge on any atom is -0.508 e. The molecule has 0 fully saturated rings. The summed E-state index contributed by atoms with van der Waals surface area (Å²) in [4.78, 5) is 0. The van der Waals surface area contributed by atoms with Gasteiger partial charge in [0, 0.05) is 6.42 Å². The van der Waals surface area contributed by atoms with E-state index >= 15 is 0 Å². The maximum atomic E-state index is 12.9. The summed E-state index contributed by atoms with van der Waals surface area (Å²) in [7, 11) is 0. The van der Waals surface area contributed by atoms with Crippen LogP contribution < -0.4 is 0 Å². The fraction of sp³-hybridized carbons (Fsp3) is 0.467. The molecule has 160 valence electrons. The van der Waals surface area contributed by atoms with Crippen LogP contribution in [0.1, 0.15) is 12.0 Å². The van der Waals surface area contributed by atoms with Gasteiger partial charge in [0.15, 0.2) is 5.60 Å². The number of rotatable bonds is 5. The molecule has 0 amide bonds. The molecule has 1 aromatic rings. The molecule has 1 aromatic carbocycles. The normalized spacial score (nSPS) is 16.8. The van der Waals surface area contributed by atoms with Crippen LogP contribution in [-0.2, 0) is 0 Å². The van der Waals surface area contributed by atoms with Gasteiger partial charge in [0.05, 0.1) is 0 Å². The van der Waals surface area contributed by atoms with Crippen molar-refractivity contribution in [3.05, 3.63) is 35.9 Å². The Balaban J connectivity index is 3.72. The Morgan fingerprint density at radius 1 is 0.786 bits per heavy atom. The molecule has 28 heavy (non-hydrogen) atoms. The quantitative estimate of drug-likeness (QED) is 0.612. The SMILES string of the molecule is Oc1ccc(/C(=C/C(O)(C(F)(F)F)C(F)(F)F)CC(O)(CF)C(F)(F)F)cc1. The van der Waals surface area contributed by atoms with Gasteiger partial charge in [0.2, 0.25) is 0 Å². The van der Waals surface area contributed by atoms with Gasteiger partial charge in [-0.3, -0.25) is 0 Å². The Bertz CT molecular complexity index is 689. The first kappa shape index (κ1) is 24.0. The number of alkyl halides is 10. The number of aromatic hydroxyl groups is 1. The van der Waals surface area contributed by atoms with E-state index in [1.807, 2.05) is 0 Å². The molecule has 0 aliphatic heterocycles. The van der Waals surface area contributed by atoms with Crippen LogP contribution in [0.2, 0.25) is 0 Å². The van der Waals surface area contributed by atoms with E-state index in [2.05, 4.69) is 0 Å². The Morgan fingerprint density at radius 2 is 1.21 bits per heavy atom. The summed E-state index contributed by atoms with van der Waals surface area (Å²) in [5, 5.41) is 27.7. The van der Waals surface area contributed by atoms with Crippen LogP contribution in [-0.4, -0.2) is 51.7 Å². The minimum absolute atomic E-state index is 0.540. The molecule has 0 aromatic heterocycles. The zero-order valence-corrected chi connectivity index (χ0v) is 13.4. The molecule has 0 saturated heterocycles. The number of halogens is 10. The molecule has 1 atom stereocenters. The minimum atomic E-state index is -6.40. The highest BCUT2D eigenvalue weighted by molar-refractivity contribution is 5.68. The van der Waals surface area contributed by atoms with E-state index in [9.17, 15) is 54.1 Å². The van der Waals surface area contributed by atoms with Crippen molar-refractivity contribution in [3.8, 4) is 5.75 Å². The van der Waals surface area contributed by atoms with Gasteiger partial charge in [-0.05, 0) is 29.3 Å². The third-order valence-electron chi connectivity index (χ3n) is 3.72. The predicted molar refractivity (Wildman–Crippen MR) is 74.7 cm³/mol. The van der Waals surface area contributed by atoms with Gasteiger partial charge in [-0.2, -0.15) is 39.5 Å². The Hall–Kier alpha value is -2.02. The largest absolute Gasteiger partial charge is 0.508 e. The molecule has 3 nitrogen and oxygen atoms in total. The van der Waals surface area contributed by atoms with E-state index in [1.165, 1.54) is 0 Å². The lowest BCUT2D eigenvalue weighted by Gasteiger charge is -2.33. The third-order valence-corrected chi connectivity index (χ3v) is 3.72. The topological polar surface area (TPSA) is 60.7 Å². The van der Waals surface area contributed by atoms with E-state index in [4.69, 9.17) is 5.11 Å². The molecule has 0 radical (unpaired) electrons. The summed E-state index contributed by atoms with van der Waals surface area (Å²) < 4.78 is 129.